The van der Waals surface area contributed by atoms with Gasteiger partial charge in [0.2, 0.25) is 10.0 Å². The molecular weight excluding hydrogens is 493 g/mol. The molecule has 0 spiro atoms. The quantitative estimate of drug-likeness (QED) is 0.360. The number of aromatic nitrogens is 1. The van der Waals surface area contributed by atoms with Crippen LogP contribution in [0.25, 0.3) is 0 Å². The predicted molar refractivity (Wildman–Crippen MR) is 120 cm³/mol. The van der Waals surface area contributed by atoms with Crippen molar-refractivity contribution < 1.29 is 12.9 Å². The number of halogens is 1. The molecule has 3 rings (SSSR count). The molecule has 0 radical (unpaired) electrons. The summed E-state index contributed by atoms with van der Waals surface area (Å²) in [5, 5.41) is 7.20. The first-order chi connectivity index (χ1) is 13.0. The van der Waals surface area contributed by atoms with E-state index in [4.69, 9.17) is 4.52 Å². The first kappa shape index (κ1) is 23.4. The van der Waals surface area contributed by atoms with Crippen molar-refractivity contribution in [3.05, 3.63) is 18.0 Å². The van der Waals surface area contributed by atoms with E-state index in [0.717, 1.165) is 18.4 Å². The van der Waals surface area contributed by atoms with Gasteiger partial charge in [0.05, 0.1) is 5.69 Å². The molecule has 1 N–H and O–H groups in total. The van der Waals surface area contributed by atoms with E-state index < -0.39 is 10.0 Å². The lowest BCUT2D eigenvalue weighted by Gasteiger charge is -2.36. The highest BCUT2D eigenvalue weighted by Crippen LogP contribution is 2.27. The average molecular weight is 525 g/mol. The van der Waals surface area contributed by atoms with Crippen LogP contribution in [0.2, 0.25) is 0 Å². The predicted octanol–water partition coefficient (Wildman–Crippen LogP) is 2.14. The van der Waals surface area contributed by atoms with E-state index in [1.807, 2.05) is 0 Å². The topological polar surface area (TPSA) is 91.0 Å². The third-order valence-electron chi connectivity index (χ3n) is 5.65. The van der Waals surface area contributed by atoms with Gasteiger partial charge in [0.25, 0.3) is 0 Å². The zero-order valence-electron chi connectivity index (χ0n) is 16.7. The van der Waals surface area contributed by atoms with E-state index in [0.29, 0.717) is 37.8 Å². The monoisotopic (exact) mass is 525 g/mol. The van der Waals surface area contributed by atoms with E-state index >= 15 is 0 Å². The van der Waals surface area contributed by atoms with Gasteiger partial charge in [-0.3, -0.25) is 4.99 Å². The standard InChI is InChI=1S/C18H31N5O3S.HI/c1-15-3-5-16(6-4-15)13-20-18(19-2)22-8-10-23(11-9-22)27(24,25)14-17-7-12-26-21-17;/h7,12,15-16H,3-6,8-11,13-14H2,1-2H3,(H,19,20);1H. The van der Waals surface area contributed by atoms with Gasteiger partial charge in [-0.25, -0.2) is 8.42 Å². The summed E-state index contributed by atoms with van der Waals surface area (Å²) in [6, 6.07) is 1.59. The Morgan fingerprint density at radius 2 is 1.93 bits per heavy atom. The molecule has 0 amide bonds. The molecular formula is C18H32IN5O3S. The molecule has 1 saturated carbocycles. The second kappa shape index (κ2) is 10.8. The number of hydrogen-bond acceptors (Lipinski definition) is 5. The Bertz CT molecular complexity index is 710. The van der Waals surface area contributed by atoms with Gasteiger partial charge in [-0.15, -0.1) is 24.0 Å². The summed E-state index contributed by atoms with van der Waals surface area (Å²) in [5.41, 5.74) is 0.441. The molecule has 2 fully saturated rings. The Morgan fingerprint density at radius 3 is 2.50 bits per heavy atom. The van der Waals surface area contributed by atoms with Crippen LogP contribution in [-0.4, -0.2) is 68.5 Å². The Labute approximate surface area is 185 Å². The van der Waals surface area contributed by atoms with Gasteiger partial charge in [-0.2, -0.15) is 4.31 Å². The number of piperazine rings is 1. The average Bonchev–Trinajstić information content (AvgIpc) is 3.16. The molecule has 10 heteroatoms. The number of guanidine groups is 1. The minimum atomic E-state index is -3.37. The molecule has 0 aromatic carbocycles. The molecule has 2 heterocycles. The van der Waals surface area contributed by atoms with Crippen LogP contribution in [0, 0.1) is 11.8 Å². The molecule has 1 aromatic rings. The second-order valence-corrected chi connectivity index (χ2v) is 9.66. The van der Waals surface area contributed by atoms with Gasteiger partial charge in [0, 0.05) is 45.8 Å². The third-order valence-corrected chi connectivity index (χ3v) is 7.46. The normalized spacial score (nSPS) is 24.6. The minimum absolute atomic E-state index is 0. The number of rotatable bonds is 5. The summed E-state index contributed by atoms with van der Waals surface area (Å²) in [5.74, 6) is 2.33. The van der Waals surface area contributed by atoms with Crippen LogP contribution in [-0.2, 0) is 15.8 Å². The van der Waals surface area contributed by atoms with Crippen LogP contribution in [0.1, 0.15) is 38.3 Å². The first-order valence-electron chi connectivity index (χ1n) is 9.80. The van der Waals surface area contributed by atoms with Crippen LogP contribution in [0.5, 0.6) is 0 Å². The second-order valence-electron chi connectivity index (χ2n) is 7.69. The molecule has 8 nitrogen and oxygen atoms in total. The summed E-state index contributed by atoms with van der Waals surface area (Å²) in [6.45, 7) is 5.48. The van der Waals surface area contributed by atoms with Crippen molar-refractivity contribution >= 4 is 40.0 Å². The van der Waals surface area contributed by atoms with Crippen molar-refractivity contribution in [3.63, 3.8) is 0 Å². The van der Waals surface area contributed by atoms with Gasteiger partial charge in [-0.1, -0.05) is 24.9 Å². The van der Waals surface area contributed by atoms with E-state index in [9.17, 15) is 8.42 Å². The third kappa shape index (κ3) is 6.31. The summed E-state index contributed by atoms with van der Waals surface area (Å²) < 4.78 is 31.3. The van der Waals surface area contributed by atoms with Crippen molar-refractivity contribution in [1.29, 1.82) is 0 Å². The number of aliphatic imine (C=N–C) groups is 1. The number of hydrogen-bond donors (Lipinski definition) is 1. The Morgan fingerprint density at radius 1 is 1.25 bits per heavy atom. The van der Waals surface area contributed by atoms with Gasteiger partial charge in [-0.05, 0) is 24.7 Å². The maximum Gasteiger partial charge on any atom is 0.220 e. The summed E-state index contributed by atoms with van der Waals surface area (Å²) in [4.78, 5) is 6.55. The van der Waals surface area contributed by atoms with Gasteiger partial charge < -0.3 is 14.7 Å². The van der Waals surface area contributed by atoms with Crippen molar-refractivity contribution in [1.82, 2.24) is 19.7 Å². The van der Waals surface area contributed by atoms with Gasteiger partial charge in [0.15, 0.2) is 5.96 Å². The molecule has 2 aliphatic rings. The van der Waals surface area contributed by atoms with Crippen LogP contribution >= 0.6 is 24.0 Å². The highest BCUT2D eigenvalue weighted by atomic mass is 127. The van der Waals surface area contributed by atoms with Crippen LogP contribution in [0.3, 0.4) is 0 Å². The maximum absolute atomic E-state index is 12.5. The minimum Gasteiger partial charge on any atom is -0.364 e. The van der Waals surface area contributed by atoms with Crippen molar-refractivity contribution in [2.45, 2.75) is 38.4 Å². The fourth-order valence-electron chi connectivity index (χ4n) is 3.87. The lowest BCUT2D eigenvalue weighted by atomic mass is 9.83. The van der Waals surface area contributed by atoms with E-state index in [1.54, 1.807) is 13.1 Å². The van der Waals surface area contributed by atoms with E-state index in [-0.39, 0.29) is 29.7 Å². The summed E-state index contributed by atoms with van der Waals surface area (Å²) in [6.07, 6.45) is 6.57. The van der Waals surface area contributed by atoms with Gasteiger partial charge in [0.1, 0.15) is 12.0 Å². The lowest BCUT2D eigenvalue weighted by Crippen LogP contribution is -2.54. The Balaban J connectivity index is 0.00000280. The Kier molecular flexibility index (Phi) is 9.00. The molecule has 1 aromatic heterocycles. The number of nitrogens with one attached hydrogen (secondary N) is 1. The van der Waals surface area contributed by atoms with Gasteiger partial charge >= 0.3 is 0 Å². The molecule has 160 valence electrons. The number of sulfonamides is 1. The Hall–Kier alpha value is -0.880. The molecule has 28 heavy (non-hydrogen) atoms. The smallest absolute Gasteiger partial charge is 0.220 e. The maximum atomic E-state index is 12.5. The molecule has 1 aliphatic carbocycles. The molecule has 1 saturated heterocycles. The van der Waals surface area contributed by atoms with Crippen LogP contribution in [0.4, 0.5) is 0 Å². The van der Waals surface area contributed by atoms with Crippen LogP contribution in [0.15, 0.2) is 21.8 Å². The van der Waals surface area contributed by atoms with Crippen molar-refractivity contribution in [2.75, 3.05) is 39.8 Å². The van der Waals surface area contributed by atoms with Crippen molar-refractivity contribution in [2.24, 2.45) is 16.8 Å². The molecule has 0 unspecified atom stereocenters. The largest absolute Gasteiger partial charge is 0.364 e. The number of nitrogens with zero attached hydrogens (tertiary/aromatic N) is 4. The lowest BCUT2D eigenvalue weighted by molar-refractivity contribution is 0.253. The fourth-order valence-corrected chi connectivity index (χ4v) is 5.29. The van der Waals surface area contributed by atoms with Crippen LogP contribution < -0.4 is 5.32 Å². The summed E-state index contributed by atoms with van der Waals surface area (Å²) in [7, 11) is -1.58. The van der Waals surface area contributed by atoms with E-state index in [2.05, 4.69) is 27.3 Å². The molecule has 0 atom stereocenters. The highest BCUT2D eigenvalue weighted by molar-refractivity contribution is 14.0. The zero-order chi connectivity index (χ0) is 19.3. The SMILES string of the molecule is CN=C(NCC1CCC(C)CC1)N1CCN(S(=O)(=O)Cc2ccon2)CC1.I. The fraction of sp³-hybridized carbons (Fsp3) is 0.778. The summed E-state index contributed by atoms with van der Waals surface area (Å²) >= 11 is 0. The molecule has 0 bridgehead atoms. The highest BCUT2D eigenvalue weighted by Gasteiger charge is 2.29. The van der Waals surface area contributed by atoms with E-state index in [1.165, 1.54) is 36.3 Å². The molecule has 1 aliphatic heterocycles. The first-order valence-corrected chi connectivity index (χ1v) is 11.4. The van der Waals surface area contributed by atoms with Crippen molar-refractivity contribution in [3.8, 4) is 0 Å². The zero-order valence-corrected chi connectivity index (χ0v) is 19.9.